The molecule has 16 heteroatoms. The fourth-order valence-corrected chi connectivity index (χ4v) is 13.3. The molecule has 89 heavy (non-hydrogen) atoms. The van der Waals surface area contributed by atoms with Crippen molar-refractivity contribution in [1.82, 2.24) is 0 Å². The number of hydrogen-bond acceptors (Lipinski definition) is 14. The van der Waals surface area contributed by atoms with E-state index in [1.54, 1.807) is 35.4 Å². The first-order valence-electron chi connectivity index (χ1n) is 30.5. The van der Waals surface area contributed by atoms with Crippen LogP contribution < -0.4 is 28.0 Å². The lowest BCUT2D eigenvalue weighted by Gasteiger charge is -2.34. The number of methoxy groups -OCH3 is 4. The molecule has 0 N–H and O–H groups in total. The molecule has 0 radical (unpaired) electrons. The van der Waals surface area contributed by atoms with Crippen LogP contribution in [-0.4, -0.2) is 53.6 Å². The van der Waals surface area contributed by atoms with E-state index in [0.29, 0.717) is 56.8 Å². The van der Waals surface area contributed by atoms with Crippen molar-refractivity contribution in [3.8, 4) is 34.5 Å². The molecule has 8 aromatic rings. The van der Waals surface area contributed by atoms with Crippen LogP contribution in [0.15, 0.2) is 102 Å². The quantitative estimate of drug-likeness (QED) is 0.0664. The van der Waals surface area contributed by atoms with E-state index in [9.17, 15) is 9.59 Å². The van der Waals surface area contributed by atoms with E-state index in [-0.39, 0.29) is 53.7 Å². The topological polar surface area (TPSA) is 161 Å². The van der Waals surface area contributed by atoms with Gasteiger partial charge in [0.05, 0.1) is 34.9 Å². The van der Waals surface area contributed by atoms with E-state index in [1.807, 2.05) is 72.8 Å². The van der Waals surface area contributed by atoms with Crippen molar-refractivity contribution in [2.75, 3.05) is 41.7 Å². The summed E-state index contributed by atoms with van der Waals surface area (Å²) in [5.74, 6) is 2.95. The molecule has 0 spiro atoms. The fourth-order valence-electron chi connectivity index (χ4n) is 11.1. The van der Waals surface area contributed by atoms with E-state index in [1.165, 1.54) is 0 Å². The second kappa shape index (κ2) is 25.3. The van der Waals surface area contributed by atoms with Crippen LogP contribution in [0.2, 0.25) is 0 Å². The maximum Gasteiger partial charge on any atom is 0.453 e. The third kappa shape index (κ3) is 14.7. The lowest BCUT2D eigenvalue weighted by molar-refractivity contribution is -0.152. The lowest BCUT2D eigenvalue weighted by atomic mass is 9.70. The standard InChI is InChI=1S/C73H94O14P2/c1-25-61(74)80-30-31-81-62(75)42-73(20,43-26-28-59(53(32-43)67(2,3)4)82-88-84-63-49(34-45(76-21)38-55(63)69(8,9)10)50-35-46(77-22)39-56(64(50)85-88)70(11,12)13)44-27-29-60(54(33-44)68(5,6)7)83-89-86-65-51(36-47(78-23)40-57(65)71(14,15)16)52-37-48(79-24)41-58(66(52)87-89)72(17,18)19/h26-29,32-41H,25,30-31,42H2,1-24H3. The second-order valence-electron chi connectivity index (χ2n) is 29.4. The summed E-state index contributed by atoms with van der Waals surface area (Å²) in [7, 11) is 2.29. The zero-order valence-electron chi connectivity index (χ0n) is 57.0. The molecule has 0 fully saturated rings. The van der Waals surface area contributed by atoms with Crippen molar-refractivity contribution in [2.24, 2.45) is 0 Å². The summed E-state index contributed by atoms with van der Waals surface area (Å²) in [6, 6.07) is 28.2. The first-order chi connectivity index (χ1) is 41.3. The molecule has 0 aliphatic carbocycles. The van der Waals surface area contributed by atoms with Crippen molar-refractivity contribution in [3.05, 3.63) is 129 Å². The van der Waals surface area contributed by atoms with Crippen molar-refractivity contribution < 1.29 is 63.8 Å². The van der Waals surface area contributed by atoms with Crippen molar-refractivity contribution in [1.29, 1.82) is 0 Å². The summed E-state index contributed by atoms with van der Waals surface area (Å²) in [5.41, 5.74) is 5.86. The maximum atomic E-state index is 14.5. The summed E-state index contributed by atoms with van der Waals surface area (Å²) < 4.78 is 77.7. The molecule has 0 aliphatic heterocycles. The molecule has 0 bridgehead atoms. The average Bonchev–Trinajstić information content (AvgIpc) is 2.04. The normalized spacial score (nSPS) is 12.8. The van der Waals surface area contributed by atoms with Gasteiger partial charge in [0.15, 0.2) is 0 Å². The summed E-state index contributed by atoms with van der Waals surface area (Å²) in [5, 5.41) is 3.18. The molecule has 0 saturated carbocycles. The summed E-state index contributed by atoms with van der Waals surface area (Å²) in [6.45, 7) is 42.1. The third-order valence-electron chi connectivity index (χ3n) is 16.3. The van der Waals surface area contributed by atoms with Gasteiger partial charge in [-0.1, -0.05) is 163 Å². The highest BCUT2D eigenvalue weighted by molar-refractivity contribution is 7.32. The Morgan fingerprint density at radius 3 is 0.888 bits per heavy atom. The van der Waals surface area contributed by atoms with Gasteiger partial charge in [-0.2, -0.15) is 0 Å². The van der Waals surface area contributed by atoms with Crippen LogP contribution in [0.5, 0.6) is 34.5 Å². The number of carbonyl (C=O) groups excluding carboxylic acids is 2. The molecule has 480 valence electrons. The van der Waals surface area contributed by atoms with E-state index in [0.717, 1.165) is 66.1 Å². The van der Waals surface area contributed by atoms with Crippen LogP contribution >= 0.6 is 16.5 Å². The van der Waals surface area contributed by atoms with Crippen LogP contribution in [0.1, 0.15) is 196 Å². The second-order valence-corrected chi connectivity index (χ2v) is 31.4. The molecule has 0 amide bonds. The molecular formula is C73H94O14P2. The smallest absolute Gasteiger partial charge is 0.453 e. The Labute approximate surface area is 528 Å². The van der Waals surface area contributed by atoms with Gasteiger partial charge >= 0.3 is 28.4 Å². The van der Waals surface area contributed by atoms with Gasteiger partial charge in [-0.25, -0.2) is 0 Å². The Bertz CT molecular complexity index is 3640. The number of esters is 2. The predicted octanol–water partition coefficient (Wildman–Crippen LogP) is 20.6. The van der Waals surface area contributed by atoms with E-state index < -0.39 is 38.7 Å². The van der Waals surface area contributed by atoms with Gasteiger partial charge in [-0.3, -0.25) is 9.59 Å². The number of fused-ring (bicyclic) bond motifs is 6. The van der Waals surface area contributed by atoms with Crippen LogP contribution in [0.4, 0.5) is 0 Å². The largest absolute Gasteiger partial charge is 0.497 e. The van der Waals surface area contributed by atoms with Crippen molar-refractivity contribution >= 4 is 72.3 Å². The molecule has 0 aliphatic rings. The van der Waals surface area contributed by atoms with Crippen molar-refractivity contribution in [3.63, 3.8) is 0 Å². The number of benzene rings is 6. The molecule has 0 saturated heterocycles. The van der Waals surface area contributed by atoms with Crippen molar-refractivity contribution in [2.45, 2.75) is 189 Å². The highest BCUT2D eigenvalue weighted by Gasteiger charge is 2.38. The summed E-state index contributed by atoms with van der Waals surface area (Å²) in [4.78, 5) is 26.6. The monoisotopic (exact) mass is 1260 g/mol. The SMILES string of the molecule is CCC(=O)OCCOC(=O)CC(C)(c1ccc(Op2oc3c(C(C)(C)C)cc(OC)cc3c3cc(OC)cc(C(C)(C)C)c3o2)c(C(C)(C)C)c1)c1ccc(Op2oc3c(C(C)(C)C)cc(OC)cc3c3cc(OC)cc(C(C)(C)C)c3o2)c(C(C)(C)C)c1. The fraction of sp³-hybridized carbons (Fsp3) is 0.479. The summed E-state index contributed by atoms with van der Waals surface area (Å²) >= 11 is 0. The first kappa shape index (κ1) is 67.8. The van der Waals surface area contributed by atoms with E-state index >= 15 is 0 Å². The van der Waals surface area contributed by atoms with Gasteiger partial charge in [0, 0.05) is 66.8 Å². The van der Waals surface area contributed by atoms with Gasteiger partial charge < -0.3 is 54.3 Å². The number of rotatable bonds is 16. The number of ether oxygens (including phenoxy) is 6. The summed E-state index contributed by atoms with van der Waals surface area (Å²) in [6.07, 6.45) is 0.122. The van der Waals surface area contributed by atoms with Crippen LogP contribution in [0.25, 0.3) is 43.9 Å². The Hall–Kier alpha value is -7.14. The zero-order valence-corrected chi connectivity index (χ0v) is 58.8. The van der Waals surface area contributed by atoms with Crippen LogP contribution in [-0.2, 0) is 57.0 Å². The Morgan fingerprint density at radius 2 is 0.640 bits per heavy atom. The lowest BCUT2D eigenvalue weighted by Crippen LogP contribution is -2.30. The molecule has 2 heterocycles. The molecular weight excluding hydrogens is 1160 g/mol. The predicted molar refractivity (Wildman–Crippen MR) is 359 cm³/mol. The molecule has 6 aromatic carbocycles. The highest BCUT2D eigenvalue weighted by Crippen LogP contribution is 2.51. The molecule has 0 unspecified atom stereocenters. The number of hydrogen-bond donors (Lipinski definition) is 0. The minimum Gasteiger partial charge on any atom is -0.497 e. The molecule has 0 atom stereocenters. The number of carbonyl (C=O) groups is 2. The Balaban J connectivity index is 1.35. The zero-order chi connectivity index (χ0) is 65.7. The minimum atomic E-state index is -2.19. The molecule has 8 rings (SSSR count). The van der Waals surface area contributed by atoms with E-state index in [2.05, 4.69) is 144 Å². The van der Waals surface area contributed by atoms with Gasteiger partial charge in [0.2, 0.25) is 0 Å². The first-order valence-corrected chi connectivity index (χ1v) is 32.7. The maximum absolute atomic E-state index is 14.5. The van der Waals surface area contributed by atoms with E-state index in [4.69, 9.17) is 54.3 Å². The Kier molecular flexibility index (Phi) is 19.2. The third-order valence-corrected chi connectivity index (χ3v) is 18.3. The van der Waals surface area contributed by atoms with Gasteiger partial charge in [0.1, 0.15) is 70.0 Å². The highest BCUT2D eigenvalue weighted by atomic mass is 31.1. The molecule has 14 nitrogen and oxygen atoms in total. The van der Waals surface area contributed by atoms with Crippen LogP contribution in [0, 0.1) is 0 Å². The molecule has 2 aromatic heterocycles. The van der Waals surface area contributed by atoms with Gasteiger partial charge in [-0.05, 0) is 104 Å². The Morgan fingerprint density at radius 1 is 0.371 bits per heavy atom. The van der Waals surface area contributed by atoms with Gasteiger partial charge in [-0.15, -0.1) is 0 Å². The average molecular weight is 1260 g/mol. The minimum absolute atomic E-state index is 0.0646. The van der Waals surface area contributed by atoms with Gasteiger partial charge in [0.25, 0.3) is 0 Å². The van der Waals surface area contributed by atoms with Crippen LogP contribution in [0.3, 0.4) is 0 Å².